The molecule has 134 valence electrons. The maximum Gasteiger partial charge on any atom is 0.387 e. The molecule has 3 N–H and O–H groups in total. The van der Waals surface area contributed by atoms with Crippen molar-refractivity contribution in [2.45, 2.75) is 31.9 Å². The lowest BCUT2D eigenvalue weighted by atomic mass is 10.1. The zero-order valence-corrected chi connectivity index (χ0v) is 13.8. The maximum atomic E-state index is 12.5. The van der Waals surface area contributed by atoms with Crippen LogP contribution in [-0.4, -0.2) is 31.6 Å². The lowest BCUT2D eigenvalue weighted by molar-refractivity contribution is -0.119. The quantitative estimate of drug-likeness (QED) is 0.783. The number of amides is 1. The zero-order chi connectivity index (χ0) is 17.0. The van der Waals surface area contributed by atoms with Gasteiger partial charge in [-0.05, 0) is 37.5 Å². The van der Waals surface area contributed by atoms with Crippen LogP contribution >= 0.6 is 12.4 Å². The number of alkyl halides is 2. The number of carbonyl (C=O) groups excluding carboxylic acids is 2. The average Bonchev–Trinajstić information content (AvgIpc) is 2.94. The van der Waals surface area contributed by atoms with Crippen molar-refractivity contribution in [2.75, 3.05) is 12.4 Å². The SMILES string of the molecule is COC(=O)c1ccc(NC(=O)C2CCC(N)C2)c(OC(F)F)c1.Cl. The molecule has 2 atom stereocenters. The van der Waals surface area contributed by atoms with E-state index in [1.165, 1.54) is 19.2 Å². The summed E-state index contributed by atoms with van der Waals surface area (Å²) in [6.07, 6.45) is 1.95. The van der Waals surface area contributed by atoms with Crippen LogP contribution in [-0.2, 0) is 9.53 Å². The molecule has 1 fully saturated rings. The summed E-state index contributed by atoms with van der Waals surface area (Å²) in [5.41, 5.74) is 5.88. The summed E-state index contributed by atoms with van der Waals surface area (Å²) in [4.78, 5) is 23.6. The van der Waals surface area contributed by atoms with Crippen LogP contribution in [0.2, 0.25) is 0 Å². The highest BCUT2D eigenvalue weighted by Crippen LogP contribution is 2.31. The van der Waals surface area contributed by atoms with E-state index in [9.17, 15) is 18.4 Å². The second-order valence-corrected chi connectivity index (χ2v) is 5.34. The Morgan fingerprint density at radius 1 is 1.33 bits per heavy atom. The molecule has 6 nitrogen and oxygen atoms in total. The number of nitrogens with two attached hydrogens (primary N) is 1. The first-order valence-electron chi connectivity index (χ1n) is 7.14. The summed E-state index contributed by atoms with van der Waals surface area (Å²) < 4.78 is 34.0. The number of nitrogens with one attached hydrogen (secondary N) is 1. The van der Waals surface area contributed by atoms with Crippen LogP contribution < -0.4 is 15.8 Å². The summed E-state index contributed by atoms with van der Waals surface area (Å²) in [5.74, 6) is -1.55. The van der Waals surface area contributed by atoms with Crippen LogP contribution in [0.25, 0.3) is 0 Å². The molecule has 0 aliphatic heterocycles. The van der Waals surface area contributed by atoms with Crippen molar-refractivity contribution >= 4 is 30.0 Å². The van der Waals surface area contributed by atoms with Gasteiger partial charge in [-0.2, -0.15) is 8.78 Å². The van der Waals surface area contributed by atoms with Crippen molar-refractivity contribution in [3.63, 3.8) is 0 Å². The standard InChI is InChI=1S/C15H18F2N2O4.ClH/c1-22-14(21)9-3-5-11(12(7-9)23-15(16)17)19-13(20)8-2-4-10(18)6-8;/h3,5,7-8,10,15H,2,4,6,18H2,1H3,(H,19,20);1H. The van der Waals surface area contributed by atoms with Crippen LogP contribution in [0.4, 0.5) is 14.5 Å². The summed E-state index contributed by atoms with van der Waals surface area (Å²) in [6, 6.07) is 3.77. The lowest BCUT2D eigenvalue weighted by Gasteiger charge is -2.15. The van der Waals surface area contributed by atoms with Crippen molar-refractivity contribution in [2.24, 2.45) is 11.7 Å². The van der Waals surface area contributed by atoms with Gasteiger partial charge in [-0.1, -0.05) is 0 Å². The first kappa shape index (κ1) is 20.1. The maximum absolute atomic E-state index is 12.5. The van der Waals surface area contributed by atoms with Gasteiger partial charge >= 0.3 is 12.6 Å². The molecule has 1 amide bonds. The number of esters is 1. The van der Waals surface area contributed by atoms with E-state index in [4.69, 9.17) is 5.73 Å². The van der Waals surface area contributed by atoms with E-state index < -0.39 is 12.6 Å². The molecular formula is C15H19ClF2N2O4. The fraction of sp³-hybridized carbons (Fsp3) is 0.467. The van der Waals surface area contributed by atoms with Gasteiger partial charge in [0.15, 0.2) is 0 Å². The number of hydrogen-bond donors (Lipinski definition) is 2. The Hall–Kier alpha value is -1.93. The Balaban J connectivity index is 0.00000288. The number of methoxy groups -OCH3 is 1. The third kappa shape index (κ3) is 5.04. The van der Waals surface area contributed by atoms with Crippen molar-refractivity contribution in [1.82, 2.24) is 0 Å². The van der Waals surface area contributed by atoms with Gasteiger partial charge in [0.25, 0.3) is 0 Å². The van der Waals surface area contributed by atoms with E-state index in [1.54, 1.807) is 0 Å². The summed E-state index contributed by atoms with van der Waals surface area (Å²) >= 11 is 0. The molecule has 9 heteroatoms. The minimum atomic E-state index is -3.08. The van der Waals surface area contributed by atoms with Crippen LogP contribution in [0.1, 0.15) is 29.6 Å². The fourth-order valence-corrected chi connectivity index (χ4v) is 2.55. The predicted molar refractivity (Wildman–Crippen MR) is 85.6 cm³/mol. The molecule has 1 aromatic rings. The minimum Gasteiger partial charge on any atom is -0.465 e. The van der Waals surface area contributed by atoms with Gasteiger partial charge in [-0.15, -0.1) is 12.4 Å². The average molecular weight is 365 g/mol. The van der Waals surface area contributed by atoms with Gasteiger partial charge in [-0.25, -0.2) is 4.79 Å². The Morgan fingerprint density at radius 3 is 2.58 bits per heavy atom. The number of rotatable bonds is 5. The largest absolute Gasteiger partial charge is 0.465 e. The summed E-state index contributed by atoms with van der Waals surface area (Å²) in [6.45, 7) is -3.08. The van der Waals surface area contributed by atoms with Crippen molar-refractivity contribution < 1.29 is 27.8 Å². The molecule has 1 aliphatic carbocycles. The first-order valence-corrected chi connectivity index (χ1v) is 7.14. The minimum absolute atomic E-state index is 0. The highest BCUT2D eigenvalue weighted by Gasteiger charge is 2.28. The molecule has 1 aromatic carbocycles. The Labute approximate surface area is 144 Å². The number of hydrogen-bond acceptors (Lipinski definition) is 5. The lowest BCUT2D eigenvalue weighted by Crippen LogP contribution is -2.23. The summed E-state index contributed by atoms with van der Waals surface area (Å²) in [7, 11) is 1.18. The predicted octanol–water partition coefficient (Wildman–Crippen LogP) is 2.56. The summed E-state index contributed by atoms with van der Waals surface area (Å²) in [5, 5.41) is 2.56. The molecule has 0 heterocycles. The van der Waals surface area contributed by atoms with E-state index in [1.807, 2.05) is 0 Å². The van der Waals surface area contributed by atoms with Crippen molar-refractivity contribution in [3.05, 3.63) is 23.8 Å². The normalized spacial score (nSPS) is 19.5. The second kappa shape index (κ2) is 8.79. The molecule has 2 rings (SSSR count). The molecule has 0 bridgehead atoms. The smallest absolute Gasteiger partial charge is 0.387 e. The Morgan fingerprint density at radius 2 is 2.04 bits per heavy atom. The van der Waals surface area contributed by atoms with E-state index in [-0.39, 0.29) is 47.3 Å². The van der Waals surface area contributed by atoms with Crippen LogP contribution in [0, 0.1) is 5.92 Å². The highest BCUT2D eigenvalue weighted by atomic mass is 35.5. The zero-order valence-electron chi connectivity index (χ0n) is 13.0. The van der Waals surface area contributed by atoms with Crippen molar-refractivity contribution in [1.29, 1.82) is 0 Å². The number of halogens is 3. The van der Waals surface area contributed by atoms with Gasteiger partial charge < -0.3 is 20.5 Å². The number of carbonyl (C=O) groups is 2. The van der Waals surface area contributed by atoms with E-state index in [2.05, 4.69) is 14.8 Å². The Kier molecular flexibility index (Phi) is 7.37. The third-order valence-electron chi connectivity index (χ3n) is 3.72. The molecule has 2 unspecified atom stereocenters. The fourth-order valence-electron chi connectivity index (χ4n) is 2.55. The number of benzene rings is 1. The molecule has 0 saturated heterocycles. The van der Waals surface area contributed by atoms with E-state index in [0.717, 1.165) is 12.5 Å². The topological polar surface area (TPSA) is 90.7 Å². The Bertz CT molecular complexity index is 601. The molecule has 24 heavy (non-hydrogen) atoms. The van der Waals surface area contributed by atoms with Gasteiger partial charge in [0, 0.05) is 12.0 Å². The van der Waals surface area contributed by atoms with Gasteiger partial charge in [0.2, 0.25) is 5.91 Å². The van der Waals surface area contributed by atoms with E-state index in [0.29, 0.717) is 12.8 Å². The molecule has 1 aliphatic rings. The molecule has 0 radical (unpaired) electrons. The molecule has 0 spiro atoms. The van der Waals surface area contributed by atoms with Gasteiger partial charge in [0.05, 0.1) is 18.4 Å². The molecular weight excluding hydrogens is 346 g/mol. The first-order chi connectivity index (χ1) is 10.9. The van der Waals surface area contributed by atoms with E-state index >= 15 is 0 Å². The van der Waals surface area contributed by atoms with Gasteiger partial charge in [-0.3, -0.25) is 4.79 Å². The van der Waals surface area contributed by atoms with Crippen LogP contribution in [0.5, 0.6) is 5.75 Å². The second-order valence-electron chi connectivity index (χ2n) is 5.34. The number of ether oxygens (including phenoxy) is 2. The highest BCUT2D eigenvalue weighted by molar-refractivity contribution is 5.96. The van der Waals surface area contributed by atoms with Crippen LogP contribution in [0.3, 0.4) is 0 Å². The monoisotopic (exact) mass is 364 g/mol. The van der Waals surface area contributed by atoms with Gasteiger partial charge in [0.1, 0.15) is 5.75 Å². The molecule has 0 aromatic heterocycles. The van der Waals surface area contributed by atoms with Crippen molar-refractivity contribution in [3.8, 4) is 5.75 Å². The molecule has 1 saturated carbocycles. The number of anilines is 1. The third-order valence-corrected chi connectivity index (χ3v) is 3.72. The van der Waals surface area contributed by atoms with Crippen LogP contribution in [0.15, 0.2) is 18.2 Å².